The van der Waals surface area contributed by atoms with Crippen LogP contribution in [0.1, 0.15) is 24.0 Å². The Morgan fingerprint density at radius 1 is 0.710 bits per heavy atom. The summed E-state index contributed by atoms with van der Waals surface area (Å²) in [6.45, 7) is 7.71. The maximum atomic E-state index is 12.8. The molecule has 336 valence electrons. The van der Waals surface area contributed by atoms with E-state index in [1.807, 2.05) is 38.0 Å². The smallest absolute Gasteiger partial charge is 0.295 e. The van der Waals surface area contributed by atoms with E-state index >= 15 is 0 Å². The molecular formula is C38H54N14O8S2. The van der Waals surface area contributed by atoms with Gasteiger partial charge in [0.05, 0.1) is 38.5 Å². The number of hydrogen-bond acceptors (Lipinski definition) is 22. The average Bonchev–Trinajstić information content (AvgIpc) is 3.26. The Kier molecular flexibility index (Phi) is 17.2. The van der Waals surface area contributed by atoms with Gasteiger partial charge in [0.2, 0.25) is 35.7 Å². The van der Waals surface area contributed by atoms with Gasteiger partial charge in [0, 0.05) is 55.5 Å². The molecule has 0 radical (unpaired) electrons. The summed E-state index contributed by atoms with van der Waals surface area (Å²) >= 11 is 0.716. The van der Waals surface area contributed by atoms with Crippen molar-refractivity contribution in [2.45, 2.75) is 22.6 Å². The fourth-order valence-corrected chi connectivity index (χ4v) is 7.51. The van der Waals surface area contributed by atoms with Gasteiger partial charge in [0.15, 0.2) is 0 Å². The molecular weight excluding hydrogens is 845 g/mol. The van der Waals surface area contributed by atoms with Crippen molar-refractivity contribution < 1.29 is 37.1 Å². The van der Waals surface area contributed by atoms with Crippen molar-refractivity contribution in [1.82, 2.24) is 39.7 Å². The second kappa shape index (κ2) is 22.9. The molecule has 0 unspecified atom stereocenters. The van der Waals surface area contributed by atoms with Crippen molar-refractivity contribution in [2.75, 3.05) is 138 Å². The second-order valence-corrected chi connectivity index (χ2v) is 16.9. The van der Waals surface area contributed by atoms with E-state index in [0.29, 0.717) is 129 Å². The number of nitrogens with one attached hydrogen (secondary N) is 4. The van der Waals surface area contributed by atoms with Gasteiger partial charge in [-0.05, 0) is 89.5 Å². The molecule has 2 aliphatic rings. The first kappa shape index (κ1) is 46.5. The van der Waals surface area contributed by atoms with Crippen LogP contribution in [0, 0.1) is 0 Å². The van der Waals surface area contributed by atoms with Crippen LogP contribution < -0.4 is 31.1 Å². The quantitative estimate of drug-likeness (QED) is 0.0164. The Bertz CT molecular complexity index is 2210. The van der Waals surface area contributed by atoms with E-state index in [1.54, 1.807) is 36.4 Å². The topological polar surface area (TPSA) is 250 Å². The van der Waals surface area contributed by atoms with E-state index in [9.17, 15) is 13.0 Å². The predicted octanol–water partition coefficient (Wildman–Crippen LogP) is 3.79. The molecule has 2 saturated heterocycles. The number of hydrogen-bond donors (Lipinski definition) is 6. The fraction of sp³-hybridized carbons (Fsp3) is 0.474. The summed E-state index contributed by atoms with van der Waals surface area (Å²) in [6.07, 6.45) is 4.91. The molecule has 4 aromatic rings. The maximum Gasteiger partial charge on any atom is 0.295 e. The van der Waals surface area contributed by atoms with Gasteiger partial charge in [-0.15, -0.1) is 4.33 Å². The second-order valence-electron chi connectivity index (χ2n) is 14.7. The summed E-state index contributed by atoms with van der Waals surface area (Å²) in [5.74, 6) is 2.21. The van der Waals surface area contributed by atoms with E-state index in [1.165, 1.54) is 12.1 Å². The highest BCUT2D eigenvalue weighted by Gasteiger charge is 2.20. The Morgan fingerprint density at radius 2 is 1.18 bits per heavy atom. The number of anilines is 8. The SMILES string of the molecule is CN(C)CCCNc1nc(Nc2ccc(C=Cc3ccc(Nc4nc(NCCCN(C)C)nc(N5CCOCC5)n4)cc3S(=O)(=O)O)c(SOOO)c2)nc(N2CCOCC2)n1. The Hall–Kier alpha value is -5.02. The monoisotopic (exact) mass is 898 g/mol. The van der Waals surface area contributed by atoms with Crippen LogP contribution in [0.4, 0.5) is 47.1 Å². The van der Waals surface area contributed by atoms with Crippen LogP contribution in [-0.4, -0.2) is 165 Å². The lowest BCUT2D eigenvalue weighted by Gasteiger charge is -2.27. The van der Waals surface area contributed by atoms with Gasteiger partial charge in [-0.25, -0.2) is 5.26 Å². The summed E-state index contributed by atoms with van der Waals surface area (Å²) in [7, 11) is 3.33. The number of nitrogens with zero attached hydrogens (tertiary/aromatic N) is 10. The molecule has 2 aliphatic heterocycles. The molecule has 22 nitrogen and oxygen atoms in total. The summed E-state index contributed by atoms with van der Waals surface area (Å²) in [5, 5.41) is 25.8. The highest BCUT2D eigenvalue weighted by atomic mass is 32.2. The van der Waals surface area contributed by atoms with Crippen LogP contribution in [-0.2, 0) is 29.0 Å². The third-order valence-electron chi connectivity index (χ3n) is 9.38. The van der Waals surface area contributed by atoms with Crippen LogP contribution in [0.2, 0.25) is 0 Å². The summed E-state index contributed by atoms with van der Waals surface area (Å²) in [4.78, 5) is 36.0. The lowest BCUT2D eigenvalue weighted by atomic mass is 10.1. The van der Waals surface area contributed by atoms with Gasteiger partial charge in [0.25, 0.3) is 10.1 Å². The minimum Gasteiger partial charge on any atom is -0.378 e. The third-order valence-corrected chi connectivity index (χ3v) is 11.0. The maximum absolute atomic E-state index is 12.8. The Morgan fingerprint density at radius 3 is 1.66 bits per heavy atom. The van der Waals surface area contributed by atoms with Crippen molar-refractivity contribution in [3.63, 3.8) is 0 Å². The van der Waals surface area contributed by atoms with E-state index in [-0.39, 0.29) is 16.4 Å². The lowest BCUT2D eigenvalue weighted by molar-refractivity contribution is -0.432. The molecule has 6 rings (SSSR count). The average molecular weight is 899 g/mol. The lowest BCUT2D eigenvalue weighted by Crippen LogP contribution is -2.37. The van der Waals surface area contributed by atoms with E-state index in [4.69, 9.17) is 19.1 Å². The van der Waals surface area contributed by atoms with E-state index < -0.39 is 10.1 Å². The zero-order chi connectivity index (χ0) is 43.9. The molecule has 24 heteroatoms. The van der Waals surface area contributed by atoms with Gasteiger partial charge in [-0.3, -0.25) is 4.55 Å². The van der Waals surface area contributed by atoms with Gasteiger partial charge in [-0.1, -0.05) is 29.3 Å². The van der Waals surface area contributed by atoms with Crippen LogP contribution in [0.3, 0.4) is 0 Å². The number of rotatable bonds is 22. The zero-order valence-electron chi connectivity index (χ0n) is 35.2. The normalized spacial score (nSPS) is 14.8. The first-order valence-corrected chi connectivity index (χ1v) is 22.2. The van der Waals surface area contributed by atoms with Gasteiger partial charge < -0.3 is 50.3 Å². The highest BCUT2D eigenvalue weighted by Crippen LogP contribution is 2.32. The van der Waals surface area contributed by atoms with Gasteiger partial charge >= 0.3 is 0 Å². The molecule has 6 N–H and O–H groups in total. The standard InChI is InChI=1S/C38H54N14O8S2/c1-49(2)15-5-13-39-33-43-35(47-37(45-33)51-17-21-57-22-18-51)41-29-11-9-27(31(25-29)61-60-59-53)7-8-28-10-12-30(26-32(28)62(54,55)56)42-36-44-34(40-14-6-16-50(3)4)46-38(48-36)52-19-23-58-24-20-52/h7-12,25-26,53H,5-6,13-24H2,1-4H3,(H,54,55,56)(H2,39,41,43,45,47)(H2,40,42,44,46,48). The largest absolute Gasteiger partial charge is 0.378 e. The summed E-state index contributed by atoms with van der Waals surface area (Å²) < 4.78 is 51.7. The molecule has 0 saturated carbocycles. The van der Waals surface area contributed by atoms with Crippen molar-refractivity contribution in [3.8, 4) is 0 Å². The van der Waals surface area contributed by atoms with Gasteiger partial charge in [-0.2, -0.15) is 38.3 Å². The Labute approximate surface area is 365 Å². The van der Waals surface area contributed by atoms with Crippen LogP contribution in [0.25, 0.3) is 12.2 Å². The molecule has 4 heterocycles. The predicted molar refractivity (Wildman–Crippen MR) is 238 cm³/mol. The first-order chi connectivity index (χ1) is 29.9. The van der Waals surface area contributed by atoms with Crippen LogP contribution in [0.15, 0.2) is 46.2 Å². The molecule has 0 bridgehead atoms. The summed E-state index contributed by atoms with van der Waals surface area (Å²) in [5.41, 5.74) is 1.63. The Balaban J connectivity index is 1.23. The molecule has 0 atom stereocenters. The number of morpholine rings is 2. The number of benzene rings is 2. The molecule has 0 amide bonds. The number of aromatic nitrogens is 6. The molecule has 2 aromatic heterocycles. The zero-order valence-corrected chi connectivity index (χ0v) is 36.8. The van der Waals surface area contributed by atoms with Crippen molar-refractivity contribution in [2.24, 2.45) is 0 Å². The van der Waals surface area contributed by atoms with Crippen LogP contribution >= 0.6 is 12.0 Å². The highest BCUT2D eigenvalue weighted by molar-refractivity contribution is 7.94. The molecule has 2 fully saturated rings. The van der Waals surface area contributed by atoms with Crippen molar-refractivity contribution in [3.05, 3.63) is 47.5 Å². The number of ether oxygens (including phenoxy) is 2. The molecule has 62 heavy (non-hydrogen) atoms. The summed E-state index contributed by atoms with van der Waals surface area (Å²) in [6, 6.07) is 9.72. The van der Waals surface area contributed by atoms with E-state index in [0.717, 1.165) is 25.9 Å². The van der Waals surface area contributed by atoms with E-state index in [2.05, 4.69) is 66.0 Å². The van der Waals surface area contributed by atoms with Crippen LogP contribution in [0.5, 0.6) is 0 Å². The minimum atomic E-state index is -4.71. The molecule has 2 aromatic carbocycles. The van der Waals surface area contributed by atoms with Crippen molar-refractivity contribution >= 4 is 81.4 Å². The van der Waals surface area contributed by atoms with Gasteiger partial charge in [0.1, 0.15) is 4.90 Å². The third kappa shape index (κ3) is 14.3. The fourth-order valence-electron chi connectivity index (χ4n) is 6.28. The van der Waals surface area contributed by atoms with Crippen molar-refractivity contribution in [1.29, 1.82) is 0 Å². The first-order valence-electron chi connectivity index (χ1n) is 20.0. The molecule has 0 aliphatic carbocycles. The minimum absolute atomic E-state index is 0.185. The molecule has 0 spiro atoms.